The number of nitrogens with one attached hydrogen (secondary N) is 1. The van der Waals surface area contributed by atoms with Gasteiger partial charge in [-0.05, 0) is 42.8 Å². The molecule has 10 heteroatoms. The van der Waals surface area contributed by atoms with Crippen molar-refractivity contribution in [2.75, 3.05) is 23.0 Å². The average molecular weight is 447 g/mol. The van der Waals surface area contributed by atoms with E-state index in [1.165, 1.54) is 11.3 Å². The minimum Gasteiger partial charge on any atom is -0.497 e. The first-order chi connectivity index (χ1) is 14.3. The number of anilines is 2. The maximum atomic E-state index is 12.9. The molecule has 3 aromatic rings. The number of methoxy groups -OCH3 is 1. The van der Waals surface area contributed by atoms with Gasteiger partial charge in [0, 0.05) is 5.56 Å². The van der Waals surface area contributed by atoms with Crippen molar-refractivity contribution < 1.29 is 17.9 Å². The van der Waals surface area contributed by atoms with Gasteiger partial charge in [0.25, 0.3) is 0 Å². The Labute approximate surface area is 179 Å². The van der Waals surface area contributed by atoms with E-state index in [9.17, 15) is 13.2 Å². The van der Waals surface area contributed by atoms with Crippen LogP contribution in [0.4, 0.5) is 10.8 Å². The summed E-state index contributed by atoms with van der Waals surface area (Å²) in [5, 5.41) is 11.8. The molecular formula is C20H22N4O4S2. The van der Waals surface area contributed by atoms with E-state index in [1.807, 2.05) is 24.3 Å². The third kappa shape index (κ3) is 4.95. The molecule has 0 saturated carbocycles. The summed E-state index contributed by atoms with van der Waals surface area (Å²) in [7, 11) is -2.09. The molecule has 158 valence electrons. The quantitative estimate of drug-likeness (QED) is 0.569. The summed E-state index contributed by atoms with van der Waals surface area (Å²) < 4.78 is 31.2. The van der Waals surface area contributed by atoms with E-state index >= 15 is 0 Å². The predicted molar refractivity (Wildman–Crippen MR) is 118 cm³/mol. The van der Waals surface area contributed by atoms with Crippen molar-refractivity contribution in [1.82, 2.24) is 10.2 Å². The third-order valence-corrected chi connectivity index (χ3v) is 6.40. The summed E-state index contributed by atoms with van der Waals surface area (Å²) in [4.78, 5) is 12.9. The summed E-state index contributed by atoms with van der Waals surface area (Å²) in [6.07, 6.45) is 1.38. The van der Waals surface area contributed by atoms with Gasteiger partial charge in [-0.1, -0.05) is 36.5 Å². The molecule has 1 amide bonds. The maximum absolute atomic E-state index is 12.9. The first-order valence-corrected chi connectivity index (χ1v) is 11.8. The van der Waals surface area contributed by atoms with E-state index in [0.717, 1.165) is 21.9 Å². The monoisotopic (exact) mass is 446 g/mol. The van der Waals surface area contributed by atoms with Crippen LogP contribution in [0.15, 0.2) is 54.6 Å². The molecule has 1 N–H and O–H groups in total. The number of sulfonamides is 1. The minimum atomic E-state index is -3.68. The van der Waals surface area contributed by atoms with Crippen LogP contribution in [-0.4, -0.2) is 43.9 Å². The Morgan fingerprint density at radius 3 is 2.37 bits per heavy atom. The van der Waals surface area contributed by atoms with Crippen molar-refractivity contribution in [2.45, 2.75) is 19.4 Å². The zero-order valence-corrected chi connectivity index (χ0v) is 18.4. The molecule has 0 saturated heterocycles. The van der Waals surface area contributed by atoms with Gasteiger partial charge in [-0.25, -0.2) is 8.42 Å². The molecule has 0 fully saturated rings. The molecule has 2 aromatic carbocycles. The van der Waals surface area contributed by atoms with Crippen LogP contribution >= 0.6 is 11.3 Å². The number of carbonyl (C=O) groups excluding carboxylic acids is 1. The number of aromatic nitrogens is 2. The normalized spacial score (nSPS) is 12.2. The highest BCUT2D eigenvalue weighted by Crippen LogP contribution is 2.29. The second kappa shape index (κ2) is 9.23. The van der Waals surface area contributed by atoms with Crippen LogP contribution in [0.5, 0.6) is 5.75 Å². The second-order valence-electron chi connectivity index (χ2n) is 6.45. The maximum Gasteiger partial charge on any atom is 0.250 e. The molecular weight excluding hydrogens is 424 g/mol. The molecule has 0 radical (unpaired) electrons. The molecule has 8 nitrogen and oxygen atoms in total. The molecule has 0 bridgehead atoms. The van der Waals surface area contributed by atoms with E-state index in [1.54, 1.807) is 44.4 Å². The molecule has 30 heavy (non-hydrogen) atoms. The van der Waals surface area contributed by atoms with Crippen molar-refractivity contribution in [3.05, 3.63) is 54.6 Å². The van der Waals surface area contributed by atoms with Gasteiger partial charge >= 0.3 is 0 Å². The molecule has 0 unspecified atom stereocenters. The topological polar surface area (TPSA) is 101 Å². The Morgan fingerprint density at radius 2 is 1.80 bits per heavy atom. The summed E-state index contributed by atoms with van der Waals surface area (Å²) in [6, 6.07) is 14.9. The number of para-hydroxylation sites is 1. The van der Waals surface area contributed by atoms with E-state index < -0.39 is 22.0 Å². The lowest BCUT2D eigenvalue weighted by Crippen LogP contribution is -2.46. The fourth-order valence-electron chi connectivity index (χ4n) is 2.95. The number of hydrogen-bond donors (Lipinski definition) is 1. The van der Waals surface area contributed by atoms with Crippen LogP contribution in [0.3, 0.4) is 0 Å². The van der Waals surface area contributed by atoms with Gasteiger partial charge in [0.05, 0.1) is 19.1 Å². The van der Waals surface area contributed by atoms with Gasteiger partial charge in [0.2, 0.25) is 21.1 Å². The van der Waals surface area contributed by atoms with Gasteiger partial charge in [0.15, 0.2) is 0 Å². The number of amides is 1. The lowest BCUT2D eigenvalue weighted by atomic mass is 10.2. The molecule has 0 aliphatic rings. The lowest BCUT2D eigenvalue weighted by molar-refractivity contribution is -0.117. The lowest BCUT2D eigenvalue weighted by Gasteiger charge is -2.29. The number of hydrogen-bond acceptors (Lipinski definition) is 7. The molecule has 1 aromatic heterocycles. The van der Waals surface area contributed by atoms with Gasteiger partial charge in [0.1, 0.15) is 16.8 Å². The minimum absolute atomic E-state index is 0.290. The van der Waals surface area contributed by atoms with Gasteiger partial charge in [-0.3, -0.25) is 14.4 Å². The van der Waals surface area contributed by atoms with Gasteiger partial charge in [-0.15, -0.1) is 10.2 Å². The molecule has 1 atom stereocenters. The Bertz CT molecular complexity index is 1100. The predicted octanol–water partition coefficient (Wildman–Crippen LogP) is 3.40. The largest absolute Gasteiger partial charge is 0.497 e. The van der Waals surface area contributed by atoms with Crippen LogP contribution in [-0.2, 0) is 14.8 Å². The number of ether oxygens (including phenoxy) is 1. The first kappa shape index (κ1) is 21.7. The highest BCUT2D eigenvalue weighted by Gasteiger charge is 2.32. The van der Waals surface area contributed by atoms with Gasteiger partial charge < -0.3 is 4.74 Å². The smallest absolute Gasteiger partial charge is 0.250 e. The highest BCUT2D eigenvalue weighted by molar-refractivity contribution is 7.92. The molecule has 1 heterocycles. The highest BCUT2D eigenvalue weighted by atomic mass is 32.2. The SMILES string of the molecule is CC[C@H](C(=O)Nc1nnc(-c2ccc(OC)cc2)s1)N(c1ccccc1)S(C)(=O)=O. The molecule has 0 aliphatic carbocycles. The fraction of sp³-hybridized carbons (Fsp3) is 0.250. The summed E-state index contributed by atoms with van der Waals surface area (Å²) in [5.74, 6) is 0.258. The molecule has 3 rings (SSSR count). The Morgan fingerprint density at radius 1 is 1.13 bits per heavy atom. The van der Waals surface area contributed by atoms with Gasteiger partial charge in [-0.2, -0.15) is 0 Å². The fourth-order valence-corrected chi connectivity index (χ4v) is 4.91. The van der Waals surface area contributed by atoms with E-state index in [2.05, 4.69) is 15.5 Å². The van der Waals surface area contributed by atoms with Crippen LogP contribution in [0, 0.1) is 0 Å². The average Bonchev–Trinajstić information content (AvgIpc) is 3.20. The third-order valence-electron chi connectivity index (χ3n) is 4.33. The number of carbonyl (C=O) groups is 1. The zero-order valence-electron chi connectivity index (χ0n) is 16.8. The van der Waals surface area contributed by atoms with Crippen molar-refractivity contribution in [1.29, 1.82) is 0 Å². The number of rotatable bonds is 8. The Hall–Kier alpha value is -2.98. The van der Waals surface area contributed by atoms with Crippen molar-refractivity contribution in [2.24, 2.45) is 0 Å². The standard InChI is InChI=1S/C20H22N4O4S2/c1-4-17(24(30(3,26)27)15-8-6-5-7-9-15)18(25)21-20-23-22-19(29-20)14-10-12-16(28-2)13-11-14/h5-13,17H,4H2,1-3H3,(H,21,23,25)/t17-/m1/s1. The van der Waals surface area contributed by atoms with Crippen molar-refractivity contribution in [3.63, 3.8) is 0 Å². The molecule has 0 spiro atoms. The van der Waals surface area contributed by atoms with Crippen LogP contribution in [0.25, 0.3) is 10.6 Å². The summed E-state index contributed by atoms with van der Waals surface area (Å²) >= 11 is 1.21. The zero-order chi connectivity index (χ0) is 21.7. The summed E-state index contributed by atoms with van der Waals surface area (Å²) in [5.41, 5.74) is 1.26. The number of nitrogens with zero attached hydrogens (tertiary/aromatic N) is 3. The first-order valence-electron chi connectivity index (χ1n) is 9.16. The Kier molecular flexibility index (Phi) is 6.68. The summed E-state index contributed by atoms with van der Waals surface area (Å²) in [6.45, 7) is 1.76. The van der Waals surface area contributed by atoms with Crippen LogP contribution in [0.1, 0.15) is 13.3 Å². The van der Waals surface area contributed by atoms with Crippen LogP contribution in [0.2, 0.25) is 0 Å². The number of benzene rings is 2. The second-order valence-corrected chi connectivity index (χ2v) is 9.29. The Balaban J connectivity index is 1.82. The van der Waals surface area contributed by atoms with Crippen molar-refractivity contribution >= 4 is 38.1 Å². The van der Waals surface area contributed by atoms with Crippen molar-refractivity contribution in [3.8, 4) is 16.3 Å². The molecule has 0 aliphatic heterocycles. The van der Waals surface area contributed by atoms with E-state index in [4.69, 9.17) is 4.74 Å². The van der Waals surface area contributed by atoms with E-state index in [-0.39, 0.29) is 6.42 Å². The van der Waals surface area contributed by atoms with E-state index in [0.29, 0.717) is 15.8 Å². The van der Waals surface area contributed by atoms with Crippen LogP contribution < -0.4 is 14.4 Å².